The summed E-state index contributed by atoms with van der Waals surface area (Å²) in [7, 11) is 0. The molecule has 3 rings (SSSR count). The van der Waals surface area contributed by atoms with E-state index in [2.05, 4.69) is 5.32 Å². The smallest absolute Gasteiger partial charge is 0.271 e. The topological polar surface area (TPSA) is 224 Å². The molecule has 1 aromatic rings. The third-order valence-corrected chi connectivity index (χ3v) is 5.37. The standard InChI is InChI=1S/C18H26N2O12/c21-5-9-11(23)12(24)15(27)18(31-9)32-16-10(6-22)30-17(14(26)13(16)25)19-7-2-1-3-8(4-7)20(28)29/h1-4,9-19,21-27H,5-6H2/t9-,10+,11-,12+,13+,14+,15-,16+,17-,18+/m0/s1. The van der Waals surface area contributed by atoms with Crippen LogP contribution in [0.25, 0.3) is 0 Å². The van der Waals surface area contributed by atoms with Crippen LogP contribution < -0.4 is 5.32 Å². The van der Waals surface area contributed by atoms with Crippen molar-refractivity contribution < 1.29 is 54.9 Å². The number of hydrogen-bond acceptors (Lipinski definition) is 13. The largest absolute Gasteiger partial charge is 0.394 e. The Hall–Kier alpha value is -1.98. The molecule has 0 amide bonds. The van der Waals surface area contributed by atoms with Crippen molar-refractivity contribution in [2.75, 3.05) is 18.5 Å². The summed E-state index contributed by atoms with van der Waals surface area (Å²) in [6, 6.07) is 5.33. The average molecular weight is 462 g/mol. The molecule has 2 saturated heterocycles. The molecule has 2 aliphatic heterocycles. The van der Waals surface area contributed by atoms with Crippen molar-refractivity contribution in [3.8, 4) is 0 Å². The Morgan fingerprint density at radius 1 is 0.938 bits per heavy atom. The van der Waals surface area contributed by atoms with Crippen LogP contribution in [0, 0.1) is 10.1 Å². The van der Waals surface area contributed by atoms with E-state index in [1.165, 1.54) is 24.3 Å². The molecule has 2 fully saturated rings. The highest BCUT2D eigenvalue weighted by Gasteiger charge is 2.50. The summed E-state index contributed by atoms with van der Waals surface area (Å²) in [6.45, 7) is -1.39. The fourth-order valence-corrected chi connectivity index (χ4v) is 3.58. The maximum atomic E-state index is 10.9. The molecule has 14 heteroatoms. The molecule has 1 aromatic carbocycles. The van der Waals surface area contributed by atoms with Gasteiger partial charge in [0.15, 0.2) is 12.5 Å². The molecule has 8 N–H and O–H groups in total. The van der Waals surface area contributed by atoms with Crippen molar-refractivity contribution in [3.05, 3.63) is 34.4 Å². The molecule has 0 aliphatic carbocycles. The number of hydrogen-bond donors (Lipinski definition) is 8. The Kier molecular flexibility index (Phi) is 7.94. The van der Waals surface area contributed by atoms with Gasteiger partial charge in [-0.2, -0.15) is 0 Å². The van der Waals surface area contributed by atoms with Gasteiger partial charge in [-0.15, -0.1) is 0 Å². The molecular formula is C18H26N2O12. The number of rotatable bonds is 7. The van der Waals surface area contributed by atoms with Gasteiger partial charge in [0.2, 0.25) is 0 Å². The summed E-state index contributed by atoms with van der Waals surface area (Å²) in [4.78, 5) is 10.3. The van der Waals surface area contributed by atoms with Gasteiger partial charge in [0.05, 0.1) is 18.1 Å². The number of anilines is 1. The van der Waals surface area contributed by atoms with Gasteiger partial charge in [0.1, 0.15) is 48.8 Å². The minimum atomic E-state index is -1.77. The van der Waals surface area contributed by atoms with E-state index in [4.69, 9.17) is 14.2 Å². The molecule has 2 heterocycles. The minimum Gasteiger partial charge on any atom is -0.394 e. The summed E-state index contributed by atoms with van der Waals surface area (Å²) in [5.41, 5.74) is -0.0103. The predicted octanol–water partition coefficient (Wildman–Crippen LogP) is -3.37. The monoisotopic (exact) mass is 462 g/mol. The Morgan fingerprint density at radius 2 is 1.62 bits per heavy atom. The van der Waals surface area contributed by atoms with E-state index in [9.17, 15) is 45.9 Å². The molecule has 0 radical (unpaired) electrons. The number of nitrogens with one attached hydrogen (secondary N) is 1. The van der Waals surface area contributed by atoms with Crippen LogP contribution in [0.3, 0.4) is 0 Å². The van der Waals surface area contributed by atoms with Gasteiger partial charge in [-0.1, -0.05) is 6.07 Å². The van der Waals surface area contributed by atoms with Crippen LogP contribution in [0.15, 0.2) is 24.3 Å². The first-order valence-electron chi connectivity index (χ1n) is 9.77. The van der Waals surface area contributed by atoms with E-state index in [-0.39, 0.29) is 11.4 Å². The first-order valence-corrected chi connectivity index (χ1v) is 9.77. The SMILES string of the molecule is O=[N+]([O-])c1cccc(N[C@H]2O[C@H](CO)[C@@H](O[C@H]3O[C@@H](CO)[C@H](O)[C@@H](O)[C@@H]3O)[C@H](O)[C@H]2O)c1. The number of non-ortho nitro benzene ring substituents is 1. The second-order valence-electron chi connectivity index (χ2n) is 7.51. The van der Waals surface area contributed by atoms with Crippen molar-refractivity contribution in [3.63, 3.8) is 0 Å². The van der Waals surface area contributed by atoms with Crippen molar-refractivity contribution in [1.29, 1.82) is 0 Å². The van der Waals surface area contributed by atoms with Gasteiger partial charge in [-0.3, -0.25) is 10.1 Å². The lowest BCUT2D eigenvalue weighted by Gasteiger charge is -2.46. The second kappa shape index (κ2) is 10.3. The molecule has 180 valence electrons. The molecule has 10 atom stereocenters. The van der Waals surface area contributed by atoms with Crippen LogP contribution in [0.4, 0.5) is 11.4 Å². The summed E-state index contributed by atoms with van der Waals surface area (Å²) in [6.07, 6.45) is -15.3. The molecule has 2 aliphatic rings. The summed E-state index contributed by atoms with van der Waals surface area (Å²) >= 11 is 0. The Balaban J connectivity index is 1.72. The number of aliphatic hydroxyl groups is 7. The number of nitrogens with zero attached hydrogens (tertiary/aromatic N) is 1. The Labute approximate surface area is 181 Å². The van der Waals surface area contributed by atoms with Crippen LogP contribution in [-0.2, 0) is 14.2 Å². The average Bonchev–Trinajstić information content (AvgIpc) is 2.78. The van der Waals surface area contributed by atoms with E-state index in [1.807, 2.05) is 0 Å². The lowest BCUT2D eigenvalue weighted by Crippen LogP contribution is -2.65. The van der Waals surface area contributed by atoms with Crippen LogP contribution in [0.1, 0.15) is 0 Å². The number of nitro groups is 1. The molecular weight excluding hydrogens is 436 g/mol. The Morgan fingerprint density at radius 3 is 2.25 bits per heavy atom. The van der Waals surface area contributed by atoms with Gasteiger partial charge >= 0.3 is 0 Å². The fraction of sp³-hybridized carbons (Fsp3) is 0.667. The highest BCUT2D eigenvalue weighted by molar-refractivity contribution is 5.51. The lowest BCUT2D eigenvalue weighted by molar-refractivity contribution is -0.384. The molecule has 0 unspecified atom stereocenters. The van der Waals surface area contributed by atoms with Gasteiger partial charge < -0.3 is 55.3 Å². The molecule has 14 nitrogen and oxygen atoms in total. The number of benzene rings is 1. The number of ether oxygens (including phenoxy) is 3. The molecule has 0 spiro atoms. The predicted molar refractivity (Wildman–Crippen MR) is 103 cm³/mol. The van der Waals surface area contributed by atoms with E-state index in [0.717, 1.165) is 0 Å². The second-order valence-corrected chi connectivity index (χ2v) is 7.51. The first-order chi connectivity index (χ1) is 15.2. The zero-order valence-corrected chi connectivity index (χ0v) is 16.6. The third kappa shape index (κ3) is 4.99. The van der Waals surface area contributed by atoms with Crippen molar-refractivity contribution in [2.24, 2.45) is 0 Å². The highest BCUT2D eigenvalue weighted by atomic mass is 16.7. The summed E-state index contributed by atoms with van der Waals surface area (Å²) < 4.78 is 16.2. The van der Waals surface area contributed by atoms with Crippen LogP contribution >= 0.6 is 0 Å². The maximum absolute atomic E-state index is 10.9. The lowest BCUT2D eigenvalue weighted by atomic mass is 9.96. The number of aliphatic hydroxyl groups excluding tert-OH is 7. The zero-order chi connectivity index (χ0) is 23.6. The first kappa shape index (κ1) is 24.7. The van der Waals surface area contributed by atoms with Crippen LogP contribution in [0.5, 0.6) is 0 Å². The van der Waals surface area contributed by atoms with Crippen molar-refractivity contribution >= 4 is 11.4 Å². The molecule has 32 heavy (non-hydrogen) atoms. The maximum Gasteiger partial charge on any atom is 0.271 e. The van der Waals surface area contributed by atoms with Crippen LogP contribution in [0.2, 0.25) is 0 Å². The highest BCUT2D eigenvalue weighted by Crippen LogP contribution is 2.30. The summed E-state index contributed by atoms with van der Waals surface area (Å²) in [5.74, 6) is 0. The van der Waals surface area contributed by atoms with Crippen LogP contribution in [-0.4, -0.2) is 115 Å². The summed E-state index contributed by atoms with van der Waals surface area (Å²) in [5, 5.41) is 83.5. The molecule has 0 saturated carbocycles. The van der Waals surface area contributed by atoms with Gasteiger partial charge in [0, 0.05) is 17.8 Å². The van der Waals surface area contributed by atoms with Gasteiger partial charge in [-0.25, -0.2) is 0 Å². The molecule has 0 aromatic heterocycles. The fourth-order valence-electron chi connectivity index (χ4n) is 3.58. The number of nitro benzene ring substituents is 1. The normalized spacial score (nSPS) is 40.1. The quantitative estimate of drug-likeness (QED) is 0.146. The minimum absolute atomic E-state index is 0.209. The van der Waals surface area contributed by atoms with E-state index in [1.54, 1.807) is 0 Å². The van der Waals surface area contributed by atoms with Crippen molar-refractivity contribution in [1.82, 2.24) is 0 Å². The third-order valence-electron chi connectivity index (χ3n) is 5.37. The van der Waals surface area contributed by atoms with Gasteiger partial charge in [0.25, 0.3) is 5.69 Å². The molecule has 0 bridgehead atoms. The van der Waals surface area contributed by atoms with E-state index < -0.39 is 79.5 Å². The Bertz CT molecular complexity index is 780. The zero-order valence-electron chi connectivity index (χ0n) is 16.6. The van der Waals surface area contributed by atoms with Crippen molar-refractivity contribution in [2.45, 2.75) is 61.3 Å². The van der Waals surface area contributed by atoms with E-state index >= 15 is 0 Å². The van der Waals surface area contributed by atoms with E-state index in [0.29, 0.717) is 0 Å². The van der Waals surface area contributed by atoms with Gasteiger partial charge in [-0.05, 0) is 6.07 Å².